The Morgan fingerprint density at radius 1 is 0.971 bits per heavy atom. The van der Waals surface area contributed by atoms with E-state index in [4.69, 9.17) is 0 Å². The molecule has 0 aliphatic carbocycles. The molecule has 0 aliphatic rings. The number of amides is 1. The Morgan fingerprint density at radius 3 is 2.57 bits per heavy atom. The van der Waals surface area contributed by atoms with E-state index < -0.39 is 0 Å². The second kappa shape index (κ2) is 9.03. The Bertz CT molecular complexity index is 1650. The molecular formula is C27H25N5O2S. The highest BCUT2D eigenvalue weighted by Crippen LogP contribution is 2.27. The molecule has 0 atom stereocenters. The lowest BCUT2D eigenvalue weighted by Gasteiger charge is -2.14. The van der Waals surface area contributed by atoms with E-state index in [1.165, 1.54) is 11.8 Å². The van der Waals surface area contributed by atoms with Gasteiger partial charge in [-0.05, 0) is 60.9 Å². The van der Waals surface area contributed by atoms with E-state index in [0.717, 1.165) is 27.9 Å². The van der Waals surface area contributed by atoms with Crippen LogP contribution in [-0.4, -0.2) is 44.1 Å². The maximum atomic E-state index is 13.6. The molecule has 0 saturated heterocycles. The summed E-state index contributed by atoms with van der Waals surface area (Å²) in [7, 11) is 3.49. The van der Waals surface area contributed by atoms with E-state index in [2.05, 4.69) is 10.2 Å². The predicted octanol–water partition coefficient (Wildman–Crippen LogP) is 4.64. The van der Waals surface area contributed by atoms with Crippen LogP contribution in [0.4, 0.5) is 0 Å². The SMILES string of the molecule is Cc1ccc(C)c(-n2c(=O)c3ccccc3n3c(SCc4cccc(C(=O)N(C)C)c4)nnc23)c1. The van der Waals surface area contributed by atoms with Gasteiger partial charge < -0.3 is 4.90 Å². The molecule has 0 saturated carbocycles. The van der Waals surface area contributed by atoms with Crippen LogP contribution in [0.3, 0.4) is 0 Å². The van der Waals surface area contributed by atoms with Crippen molar-refractivity contribution in [2.24, 2.45) is 0 Å². The van der Waals surface area contributed by atoms with Crippen molar-refractivity contribution >= 4 is 34.3 Å². The number of hydrogen-bond donors (Lipinski definition) is 0. The largest absolute Gasteiger partial charge is 0.345 e. The molecule has 0 fully saturated rings. The molecule has 0 radical (unpaired) electrons. The van der Waals surface area contributed by atoms with Crippen LogP contribution in [-0.2, 0) is 5.75 Å². The average Bonchev–Trinajstić information content (AvgIpc) is 3.28. The van der Waals surface area contributed by atoms with E-state index in [1.54, 1.807) is 23.6 Å². The normalized spacial score (nSPS) is 11.3. The number of carbonyl (C=O) groups is 1. The average molecular weight is 484 g/mol. The number of aromatic nitrogens is 4. The highest BCUT2D eigenvalue weighted by atomic mass is 32.2. The summed E-state index contributed by atoms with van der Waals surface area (Å²) >= 11 is 1.52. The Morgan fingerprint density at radius 2 is 1.77 bits per heavy atom. The van der Waals surface area contributed by atoms with Gasteiger partial charge in [-0.25, -0.2) is 4.57 Å². The van der Waals surface area contributed by atoms with E-state index in [0.29, 0.717) is 27.6 Å². The lowest BCUT2D eigenvalue weighted by molar-refractivity contribution is 0.0827. The fraction of sp³-hybridized carbons (Fsp3) is 0.185. The summed E-state index contributed by atoms with van der Waals surface area (Å²) in [6.45, 7) is 3.99. The molecule has 8 heteroatoms. The number of fused-ring (bicyclic) bond motifs is 3. The lowest BCUT2D eigenvalue weighted by Crippen LogP contribution is -2.22. The Hall–Kier alpha value is -3.91. The van der Waals surface area contributed by atoms with Crippen molar-refractivity contribution in [3.8, 4) is 5.69 Å². The van der Waals surface area contributed by atoms with Gasteiger partial charge in [-0.3, -0.25) is 14.0 Å². The molecule has 176 valence electrons. The minimum atomic E-state index is -0.124. The van der Waals surface area contributed by atoms with Gasteiger partial charge >= 0.3 is 0 Å². The highest BCUT2D eigenvalue weighted by Gasteiger charge is 2.19. The van der Waals surface area contributed by atoms with Crippen LogP contribution in [0, 0.1) is 13.8 Å². The van der Waals surface area contributed by atoms with Crippen molar-refractivity contribution in [3.63, 3.8) is 0 Å². The molecule has 35 heavy (non-hydrogen) atoms. The third kappa shape index (κ3) is 4.10. The number of carbonyl (C=O) groups excluding carboxylic acids is 1. The molecule has 0 unspecified atom stereocenters. The first kappa shape index (κ1) is 22.9. The van der Waals surface area contributed by atoms with Gasteiger partial charge in [-0.1, -0.05) is 48.2 Å². The number of thioether (sulfide) groups is 1. The molecule has 2 heterocycles. The first-order valence-corrected chi connectivity index (χ1v) is 12.2. The monoisotopic (exact) mass is 483 g/mol. The zero-order chi connectivity index (χ0) is 24.7. The third-order valence-corrected chi connectivity index (χ3v) is 6.95. The van der Waals surface area contributed by atoms with Crippen molar-refractivity contribution < 1.29 is 4.79 Å². The molecule has 2 aromatic heterocycles. The second-order valence-corrected chi connectivity index (χ2v) is 9.70. The van der Waals surface area contributed by atoms with Crippen LogP contribution in [0.25, 0.3) is 22.4 Å². The van der Waals surface area contributed by atoms with E-state index >= 15 is 0 Å². The number of benzene rings is 3. The minimum Gasteiger partial charge on any atom is -0.345 e. The fourth-order valence-electron chi connectivity index (χ4n) is 4.15. The van der Waals surface area contributed by atoms with Gasteiger partial charge in [0, 0.05) is 25.4 Å². The third-order valence-electron chi connectivity index (χ3n) is 5.95. The van der Waals surface area contributed by atoms with Crippen LogP contribution in [0.1, 0.15) is 27.0 Å². The molecule has 0 aliphatic heterocycles. The summed E-state index contributed by atoms with van der Waals surface area (Å²) in [4.78, 5) is 27.5. The molecule has 0 bridgehead atoms. The zero-order valence-electron chi connectivity index (χ0n) is 20.0. The van der Waals surface area contributed by atoms with E-state index in [1.807, 2.05) is 85.0 Å². The summed E-state index contributed by atoms with van der Waals surface area (Å²) in [5, 5.41) is 10.2. The van der Waals surface area contributed by atoms with Crippen LogP contribution in [0.15, 0.2) is 76.7 Å². The second-order valence-electron chi connectivity index (χ2n) is 8.75. The van der Waals surface area contributed by atoms with Gasteiger partial charge in [0.15, 0.2) is 5.16 Å². The van der Waals surface area contributed by atoms with Gasteiger partial charge in [-0.2, -0.15) is 0 Å². The Kier molecular flexibility index (Phi) is 5.90. The smallest absolute Gasteiger partial charge is 0.267 e. The van der Waals surface area contributed by atoms with E-state index in [9.17, 15) is 9.59 Å². The summed E-state index contributed by atoms with van der Waals surface area (Å²) in [6.07, 6.45) is 0. The number of nitrogens with zero attached hydrogens (tertiary/aromatic N) is 5. The molecule has 7 nitrogen and oxygen atoms in total. The Labute approximate surface area is 207 Å². The topological polar surface area (TPSA) is 72.5 Å². The number of aryl methyl sites for hydroxylation is 2. The van der Waals surface area contributed by atoms with Crippen molar-refractivity contribution in [1.29, 1.82) is 0 Å². The van der Waals surface area contributed by atoms with Crippen molar-refractivity contribution in [2.45, 2.75) is 24.8 Å². The molecule has 5 aromatic rings. The lowest BCUT2D eigenvalue weighted by atomic mass is 10.1. The first-order chi connectivity index (χ1) is 16.8. The number of rotatable bonds is 5. The summed E-state index contributed by atoms with van der Waals surface area (Å²) in [5.41, 5.74) is 5.13. The van der Waals surface area contributed by atoms with Gasteiger partial charge in [0.25, 0.3) is 11.5 Å². The first-order valence-electron chi connectivity index (χ1n) is 11.2. The molecule has 1 amide bonds. The van der Waals surface area contributed by atoms with Crippen molar-refractivity contribution in [1.82, 2.24) is 24.1 Å². The highest BCUT2D eigenvalue weighted by molar-refractivity contribution is 7.98. The number of para-hydroxylation sites is 1. The standard InChI is InChI=1S/C27H25N5O2S/c1-17-12-13-18(2)23(14-17)31-25(34)21-10-5-6-11-22(21)32-26(31)28-29-27(32)35-16-19-8-7-9-20(15-19)24(33)30(3)4/h5-15H,16H2,1-4H3. The minimum absolute atomic E-state index is 0.0340. The molecule has 3 aromatic carbocycles. The predicted molar refractivity (Wildman–Crippen MR) is 140 cm³/mol. The maximum Gasteiger partial charge on any atom is 0.267 e. The van der Waals surface area contributed by atoms with Gasteiger partial charge in [0.05, 0.1) is 16.6 Å². The van der Waals surface area contributed by atoms with Crippen LogP contribution in [0.2, 0.25) is 0 Å². The van der Waals surface area contributed by atoms with Crippen LogP contribution in [0.5, 0.6) is 0 Å². The van der Waals surface area contributed by atoms with Crippen molar-refractivity contribution in [3.05, 3.63) is 99.3 Å². The van der Waals surface area contributed by atoms with Gasteiger partial charge in [0.1, 0.15) is 0 Å². The quantitative estimate of drug-likeness (QED) is 0.341. The van der Waals surface area contributed by atoms with Crippen LogP contribution < -0.4 is 5.56 Å². The fourth-order valence-corrected chi connectivity index (χ4v) is 5.03. The van der Waals surface area contributed by atoms with Crippen molar-refractivity contribution in [2.75, 3.05) is 14.1 Å². The maximum absolute atomic E-state index is 13.6. The summed E-state index contributed by atoms with van der Waals surface area (Å²) < 4.78 is 3.59. The van der Waals surface area contributed by atoms with Crippen LogP contribution >= 0.6 is 11.8 Å². The molecule has 0 spiro atoms. The molecule has 0 N–H and O–H groups in total. The van der Waals surface area contributed by atoms with Gasteiger partial charge in [0.2, 0.25) is 5.78 Å². The Balaban J connectivity index is 1.63. The molecule has 5 rings (SSSR count). The summed E-state index contributed by atoms with van der Waals surface area (Å²) in [5.74, 6) is 1.04. The number of hydrogen-bond acceptors (Lipinski definition) is 5. The molecular weight excluding hydrogens is 458 g/mol. The van der Waals surface area contributed by atoms with Gasteiger partial charge in [-0.15, -0.1) is 10.2 Å². The van der Waals surface area contributed by atoms with E-state index in [-0.39, 0.29) is 11.5 Å². The summed E-state index contributed by atoms with van der Waals surface area (Å²) in [6, 6.07) is 21.2. The zero-order valence-corrected chi connectivity index (χ0v) is 20.8.